The summed E-state index contributed by atoms with van der Waals surface area (Å²) >= 11 is 0. The van der Waals surface area contributed by atoms with E-state index in [-0.39, 0.29) is 25.0 Å². The minimum atomic E-state index is -0.403. The molecule has 0 saturated carbocycles. The summed E-state index contributed by atoms with van der Waals surface area (Å²) in [4.78, 5) is 23.6. The predicted octanol–water partition coefficient (Wildman–Crippen LogP) is 3.60. The van der Waals surface area contributed by atoms with Crippen molar-refractivity contribution in [1.82, 2.24) is 5.32 Å². The van der Waals surface area contributed by atoms with Crippen LogP contribution in [0.2, 0.25) is 0 Å². The largest absolute Gasteiger partial charge is 0.455 e. The Labute approximate surface area is 149 Å². The Morgan fingerprint density at radius 3 is 2.12 bits per heavy atom. The fourth-order valence-corrected chi connectivity index (χ4v) is 2.27. The van der Waals surface area contributed by atoms with Gasteiger partial charge in [-0.3, -0.25) is 9.59 Å². The molecule has 1 N–H and O–H groups in total. The van der Waals surface area contributed by atoms with Crippen molar-refractivity contribution in [3.63, 3.8) is 0 Å². The number of carbonyl (C=O) groups is 2. The third-order valence-electron chi connectivity index (χ3n) is 4.16. The SMILES string of the molecule is CC(C)[C@H](C)NC(=O)COC(=O)Cc1ccc(-c2ccccc2)cc1. The molecule has 0 heterocycles. The van der Waals surface area contributed by atoms with Crippen LogP contribution in [0.5, 0.6) is 0 Å². The van der Waals surface area contributed by atoms with Crippen molar-refractivity contribution in [2.75, 3.05) is 6.61 Å². The first-order valence-electron chi connectivity index (χ1n) is 8.55. The minimum absolute atomic E-state index is 0.0525. The molecule has 1 amide bonds. The van der Waals surface area contributed by atoms with Crippen molar-refractivity contribution in [2.24, 2.45) is 5.92 Å². The monoisotopic (exact) mass is 339 g/mol. The summed E-state index contributed by atoms with van der Waals surface area (Å²) in [6.45, 7) is 5.74. The van der Waals surface area contributed by atoms with Gasteiger partial charge in [-0.1, -0.05) is 68.4 Å². The molecular weight excluding hydrogens is 314 g/mol. The van der Waals surface area contributed by atoms with Crippen molar-refractivity contribution in [3.05, 3.63) is 60.2 Å². The van der Waals surface area contributed by atoms with E-state index in [9.17, 15) is 9.59 Å². The Bertz CT molecular complexity index is 693. The van der Waals surface area contributed by atoms with Gasteiger partial charge in [-0.05, 0) is 29.5 Å². The molecule has 2 aromatic carbocycles. The summed E-state index contributed by atoms with van der Waals surface area (Å²) in [5, 5.41) is 2.81. The Morgan fingerprint density at radius 1 is 0.920 bits per heavy atom. The van der Waals surface area contributed by atoms with E-state index in [0.717, 1.165) is 16.7 Å². The normalized spacial score (nSPS) is 11.8. The molecule has 1 atom stereocenters. The Kier molecular flexibility index (Phi) is 6.75. The highest BCUT2D eigenvalue weighted by Gasteiger charge is 2.13. The maximum absolute atomic E-state index is 11.9. The number of hydrogen-bond acceptors (Lipinski definition) is 3. The molecule has 0 aliphatic rings. The summed E-state index contributed by atoms with van der Waals surface area (Å²) in [6, 6.07) is 17.9. The van der Waals surface area contributed by atoms with Gasteiger partial charge in [-0.2, -0.15) is 0 Å². The van der Waals surface area contributed by atoms with Gasteiger partial charge in [0, 0.05) is 6.04 Å². The fourth-order valence-electron chi connectivity index (χ4n) is 2.27. The van der Waals surface area contributed by atoms with Crippen LogP contribution in [0.25, 0.3) is 11.1 Å². The molecule has 0 unspecified atom stereocenters. The maximum Gasteiger partial charge on any atom is 0.310 e. The predicted molar refractivity (Wildman–Crippen MR) is 99.0 cm³/mol. The third-order valence-corrected chi connectivity index (χ3v) is 4.16. The highest BCUT2D eigenvalue weighted by Crippen LogP contribution is 2.19. The zero-order valence-electron chi connectivity index (χ0n) is 15.0. The first-order chi connectivity index (χ1) is 12.0. The van der Waals surface area contributed by atoms with Crippen LogP contribution in [-0.4, -0.2) is 24.5 Å². The number of hydrogen-bond donors (Lipinski definition) is 1. The second kappa shape index (κ2) is 9.02. The van der Waals surface area contributed by atoms with Crippen LogP contribution in [0, 0.1) is 5.92 Å². The van der Waals surface area contributed by atoms with Crippen molar-refractivity contribution < 1.29 is 14.3 Å². The number of rotatable bonds is 7. The summed E-state index contributed by atoms with van der Waals surface area (Å²) in [7, 11) is 0. The van der Waals surface area contributed by atoms with E-state index in [1.807, 2.05) is 75.4 Å². The number of carbonyl (C=O) groups excluding carboxylic acids is 2. The van der Waals surface area contributed by atoms with E-state index in [4.69, 9.17) is 4.74 Å². The van der Waals surface area contributed by atoms with Gasteiger partial charge in [0.25, 0.3) is 5.91 Å². The van der Waals surface area contributed by atoms with E-state index >= 15 is 0 Å². The zero-order chi connectivity index (χ0) is 18.2. The van der Waals surface area contributed by atoms with Crippen molar-refractivity contribution >= 4 is 11.9 Å². The smallest absolute Gasteiger partial charge is 0.310 e. The zero-order valence-corrected chi connectivity index (χ0v) is 15.0. The van der Waals surface area contributed by atoms with Crippen LogP contribution in [0.15, 0.2) is 54.6 Å². The lowest BCUT2D eigenvalue weighted by atomic mass is 10.0. The molecular formula is C21H25NO3. The van der Waals surface area contributed by atoms with E-state index in [0.29, 0.717) is 5.92 Å². The number of amides is 1. The van der Waals surface area contributed by atoms with Crippen LogP contribution in [-0.2, 0) is 20.7 Å². The van der Waals surface area contributed by atoms with Crippen molar-refractivity contribution in [2.45, 2.75) is 33.2 Å². The molecule has 2 aromatic rings. The molecule has 4 nitrogen and oxygen atoms in total. The van der Waals surface area contributed by atoms with Gasteiger partial charge in [0.2, 0.25) is 0 Å². The lowest BCUT2D eigenvalue weighted by Crippen LogP contribution is -2.38. The summed E-state index contributed by atoms with van der Waals surface area (Å²) in [5.41, 5.74) is 3.09. The second-order valence-corrected chi connectivity index (χ2v) is 6.50. The topological polar surface area (TPSA) is 55.4 Å². The van der Waals surface area contributed by atoms with Gasteiger partial charge >= 0.3 is 5.97 Å². The molecule has 2 rings (SSSR count). The highest BCUT2D eigenvalue weighted by molar-refractivity contribution is 5.81. The number of benzene rings is 2. The Morgan fingerprint density at radius 2 is 1.52 bits per heavy atom. The molecule has 0 saturated heterocycles. The van der Waals surface area contributed by atoms with Crippen LogP contribution in [0.4, 0.5) is 0 Å². The molecule has 132 valence electrons. The third kappa shape index (κ3) is 6.07. The van der Waals surface area contributed by atoms with Gasteiger partial charge in [0.15, 0.2) is 6.61 Å². The standard InChI is InChI=1S/C21H25NO3/c1-15(2)16(3)22-20(23)14-25-21(24)13-17-9-11-19(12-10-17)18-7-5-4-6-8-18/h4-12,15-16H,13-14H2,1-3H3,(H,22,23)/t16-/m0/s1. The summed E-state index contributed by atoms with van der Waals surface area (Å²) < 4.78 is 5.05. The number of ether oxygens (including phenoxy) is 1. The van der Waals surface area contributed by atoms with Crippen molar-refractivity contribution in [1.29, 1.82) is 0 Å². The molecule has 0 aromatic heterocycles. The molecule has 25 heavy (non-hydrogen) atoms. The average molecular weight is 339 g/mol. The Balaban J connectivity index is 1.82. The highest BCUT2D eigenvalue weighted by atomic mass is 16.5. The van der Waals surface area contributed by atoms with Crippen LogP contribution in [0.1, 0.15) is 26.3 Å². The first-order valence-corrected chi connectivity index (χ1v) is 8.55. The first kappa shape index (κ1) is 18.7. The van der Waals surface area contributed by atoms with Crippen LogP contribution >= 0.6 is 0 Å². The van der Waals surface area contributed by atoms with Gasteiger partial charge in [0.05, 0.1) is 6.42 Å². The number of esters is 1. The number of nitrogens with one attached hydrogen (secondary N) is 1. The quantitative estimate of drug-likeness (QED) is 0.784. The summed E-state index contributed by atoms with van der Waals surface area (Å²) in [6.07, 6.45) is 0.155. The van der Waals surface area contributed by atoms with E-state index in [2.05, 4.69) is 5.32 Å². The molecule has 0 bridgehead atoms. The molecule has 0 radical (unpaired) electrons. The van der Waals surface area contributed by atoms with E-state index < -0.39 is 5.97 Å². The van der Waals surface area contributed by atoms with Gasteiger partial charge in [-0.15, -0.1) is 0 Å². The maximum atomic E-state index is 11.9. The summed E-state index contributed by atoms with van der Waals surface area (Å²) in [5.74, 6) is -0.337. The van der Waals surface area contributed by atoms with Crippen LogP contribution in [0.3, 0.4) is 0 Å². The van der Waals surface area contributed by atoms with E-state index in [1.54, 1.807) is 0 Å². The molecule has 0 spiro atoms. The van der Waals surface area contributed by atoms with Gasteiger partial charge in [0.1, 0.15) is 0 Å². The minimum Gasteiger partial charge on any atom is -0.455 e. The molecule has 0 fully saturated rings. The van der Waals surface area contributed by atoms with Gasteiger partial charge in [-0.25, -0.2) is 0 Å². The van der Waals surface area contributed by atoms with Crippen LogP contribution < -0.4 is 5.32 Å². The second-order valence-electron chi connectivity index (χ2n) is 6.50. The lowest BCUT2D eigenvalue weighted by Gasteiger charge is -2.17. The molecule has 4 heteroatoms. The fraction of sp³-hybridized carbons (Fsp3) is 0.333. The van der Waals surface area contributed by atoms with Gasteiger partial charge < -0.3 is 10.1 Å². The molecule has 0 aliphatic carbocycles. The van der Waals surface area contributed by atoms with E-state index in [1.165, 1.54) is 0 Å². The molecule has 0 aliphatic heterocycles. The average Bonchev–Trinajstić information content (AvgIpc) is 2.61. The van der Waals surface area contributed by atoms with Crippen molar-refractivity contribution in [3.8, 4) is 11.1 Å². The lowest BCUT2D eigenvalue weighted by molar-refractivity contribution is -0.148. The Hall–Kier alpha value is -2.62.